The zero-order chi connectivity index (χ0) is 28.8. The largest absolute Gasteiger partial charge is 0.416 e. The number of alkyl halides is 6. The van der Waals surface area contributed by atoms with Gasteiger partial charge in [-0.25, -0.2) is 4.39 Å². The Hall–Kier alpha value is -3.45. The monoisotopic (exact) mass is 561 g/mol. The number of methoxy groups -OCH3 is 1. The molecule has 0 unspecified atom stereocenters. The van der Waals surface area contributed by atoms with Gasteiger partial charge in [0.15, 0.2) is 0 Å². The van der Waals surface area contributed by atoms with E-state index >= 15 is 0 Å². The third-order valence-corrected chi connectivity index (χ3v) is 6.26. The minimum atomic E-state index is -5.09. The van der Waals surface area contributed by atoms with Crippen LogP contribution >= 0.6 is 0 Å². The highest BCUT2D eigenvalue weighted by atomic mass is 19.4. The number of piperidine rings is 1. The Morgan fingerprint density at radius 2 is 1.54 bits per heavy atom. The maximum Gasteiger partial charge on any atom is 0.416 e. The van der Waals surface area contributed by atoms with Crippen molar-refractivity contribution in [2.45, 2.75) is 30.7 Å². The van der Waals surface area contributed by atoms with Crippen molar-refractivity contribution in [2.75, 3.05) is 38.7 Å². The topological polar surface area (TPSA) is 70.7 Å². The van der Waals surface area contributed by atoms with E-state index in [9.17, 15) is 40.3 Å². The fraction of sp³-hybridized carbons (Fsp3) is 0.385. The standard InChI is InChI=1S/C26H26F7N3O3/c1-39-13-12-36-10-8-24(9-11-36,35-22(37)7-4-17-2-5-20(27)6-3-17)23(38)34-21-15-18(25(28,29)30)14-19(16-21)26(31,32)33/h2-7,14-16H,8-13H2,1H3,(H,34,38)(H,35,37)/b7-4+. The number of amides is 2. The Balaban J connectivity index is 1.87. The number of ether oxygens (including phenoxy) is 1. The van der Waals surface area contributed by atoms with Crippen LogP contribution in [0, 0.1) is 5.82 Å². The molecule has 2 aromatic carbocycles. The summed E-state index contributed by atoms with van der Waals surface area (Å²) < 4.78 is 97.9. The minimum absolute atomic E-state index is 0.0315. The Labute approximate surface area is 219 Å². The maximum absolute atomic E-state index is 13.4. The summed E-state index contributed by atoms with van der Waals surface area (Å²) in [6.07, 6.45) is -7.65. The summed E-state index contributed by atoms with van der Waals surface area (Å²) in [5, 5.41) is 4.74. The third-order valence-electron chi connectivity index (χ3n) is 6.26. The van der Waals surface area contributed by atoms with E-state index in [0.29, 0.717) is 43.9 Å². The van der Waals surface area contributed by atoms with Gasteiger partial charge >= 0.3 is 12.4 Å². The van der Waals surface area contributed by atoms with Gasteiger partial charge in [0.05, 0.1) is 17.7 Å². The number of hydrogen-bond acceptors (Lipinski definition) is 4. The SMILES string of the molecule is COCCN1CCC(NC(=O)/C=C/c2ccc(F)cc2)(C(=O)Nc2cc(C(F)(F)F)cc(C(F)(F)F)c2)CC1. The number of hydrogen-bond donors (Lipinski definition) is 2. The number of anilines is 1. The second kappa shape index (κ2) is 12.2. The van der Waals surface area contributed by atoms with Crippen molar-refractivity contribution in [1.82, 2.24) is 10.2 Å². The van der Waals surface area contributed by atoms with Gasteiger partial charge in [0.1, 0.15) is 11.4 Å². The van der Waals surface area contributed by atoms with Crippen molar-refractivity contribution in [1.29, 1.82) is 0 Å². The molecule has 2 amide bonds. The highest BCUT2D eigenvalue weighted by Gasteiger charge is 2.43. The molecular weight excluding hydrogens is 535 g/mol. The van der Waals surface area contributed by atoms with Gasteiger partial charge in [-0.1, -0.05) is 12.1 Å². The molecule has 13 heteroatoms. The van der Waals surface area contributed by atoms with Gasteiger partial charge in [-0.3, -0.25) is 9.59 Å². The van der Waals surface area contributed by atoms with Crippen molar-refractivity contribution in [3.8, 4) is 0 Å². The van der Waals surface area contributed by atoms with Crippen LogP contribution in [0.2, 0.25) is 0 Å². The first-order valence-corrected chi connectivity index (χ1v) is 11.8. The van der Waals surface area contributed by atoms with Crippen LogP contribution in [-0.4, -0.2) is 55.6 Å². The van der Waals surface area contributed by atoms with Crippen LogP contribution in [0.1, 0.15) is 29.5 Å². The molecular formula is C26H26F7N3O3. The summed E-state index contributed by atoms with van der Waals surface area (Å²) in [7, 11) is 1.51. The highest BCUT2D eigenvalue weighted by molar-refractivity contribution is 6.03. The molecule has 6 nitrogen and oxygen atoms in total. The van der Waals surface area contributed by atoms with Crippen LogP contribution in [0.4, 0.5) is 36.4 Å². The van der Waals surface area contributed by atoms with E-state index in [2.05, 4.69) is 10.6 Å². The predicted octanol–water partition coefficient (Wildman–Crippen LogP) is 5.11. The average molecular weight is 561 g/mol. The second-order valence-electron chi connectivity index (χ2n) is 9.04. The van der Waals surface area contributed by atoms with E-state index < -0.39 is 52.3 Å². The molecule has 1 heterocycles. The second-order valence-corrected chi connectivity index (χ2v) is 9.04. The molecule has 212 valence electrons. The lowest BCUT2D eigenvalue weighted by Crippen LogP contribution is -2.61. The fourth-order valence-corrected chi connectivity index (χ4v) is 4.09. The van der Waals surface area contributed by atoms with Crippen LogP contribution in [0.3, 0.4) is 0 Å². The Kier molecular flexibility index (Phi) is 9.38. The molecule has 0 radical (unpaired) electrons. The molecule has 1 saturated heterocycles. The van der Waals surface area contributed by atoms with Gasteiger partial charge in [0.25, 0.3) is 0 Å². The summed E-state index contributed by atoms with van der Waals surface area (Å²) in [5.41, 5.74) is -5.01. The molecule has 0 atom stereocenters. The first kappa shape index (κ1) is 30.1. The quantitative estimate of drug-likeness (QED) is 0.347. The molecule has 0 aliphatic carbocycles. The molecule has 0 aromatic heterocycles. The van der Waals surface area contributed by atoms with Gasteiger partial charge in [-0.05, 0) is 54.8 Å². The number of nitrogens with zero attached hydrogens (tertiary/aromatic N) is 1. The molecule has 2 N–H and O–H groups in total. The van der Waals surface area contributed by atoms with Crippen molar-refractivity contribution in [3.05, 3.63) is 71.0 Å². The van der Waals surface area contributed by atoms with Crippen molar-refractivity contribution < 1.29 is 45.1 Å². The Bertz CT molecular complexity index is 1150. The zero-order valence-electron chi connectivity index (χ0n) is 20.8. The van der Waals surface area contributed by atoms with Crippen LogP contribution in [0.5, 0.6) is 0 Å². The minimum Gasteiger partial charge on any atom is -0.383 e. The Morgan fingerprint density at radius 3 is 2.05 bits per heavy atom. The van der Waals surface area contributed by atoms with Crippen molar-refractivity contribution >= 4 is 23.6 Å². The Morgan fingerprint density at radius 1 is 0.974 bits per heavy atom. The molecule has 1 fully saturated rings. The number of carbonyl (C=O) groups is 2. The molecule has 0 spiro atoms. The zero-order valence-corrected chi connectivity index (χ0v) is 20.8. The van der Waals surface area contributed by atoms with E-state index in [1.165, 1.54) is 37.5 Å². The summed E-state index contributed by atoms with van der Waals surface area (Å²) >= 11 is 0. The lowest BCUT2D eigenvalue weighted by Gasteiger charge is -2.41. The van der Waals surface area contributed by atoms with E-state index in [1.54, 1.807) is 0 Å². The first-order valence-electron chi connectivity index (χ1n) is 11.8. The summed E-state index contributed by atoms with van der Waals surface area (Å²) in [6, 6.07) is 5.99. The van der Waals surface area contributed by atoms with Gasteiger partial charge in [0, 0.05) is 38.5 Å². The van der Waals surface area contributed by atoms with Gasteiger partial charge in [0.2, 0.25) is 11.8 Å². The van der Waals surface area contributed by atoms with Crippen LogP contribution in [0.25, 0.3) is 6.08 Å². The molecule has 0 bridgehead atoms. The van der Waals surface area contributed by atoms with E-state index in [4.69, 9.17) is 4.74 Å². The van der Waals surface area contributed by atoms with Crippen LogP contribution in [0.15, 0.2) is 48.5 Å². The van der Waals surface area contributed by atoms with Crippen molar-refractivity contribution in [3.63, 3.8) is 0 Å². The van der Waals surface area contributed by atoms with Crippen LogP contribution < -0.4 is 10.6 Å². The number of carbonyl (C=O) groups excluding carboxylic acids is 2. The van der Waals surface area contributed by atoms with Crippen LogP contribution in [-0.2, 0) is 26.7 Å². The number of benzene rings is 2. The molecule has 3 rings (SSSR count). The molecule has 0 saturated carbocycles. The molecule has 1 aliphatic heterocycles. The van der Waals surface area contributed by atoms with Crippen molar-refractivity contribution in [2.24, 2.45) is 0 Å². The van der Waals surface area contributed by atoms with Gasteiger partial charge in [-0.2, -0.15) is 26.3 Å². The number of nitrogens with one attached hydrogen (secondary N) is 2. The maximum atomic E-state index is 13.4. The van der Waals surface area contributed by atoms with E-state index in [0.717, 1.165) is 6.08 Å². The third kappa shape index (κ3) is 8.27. The lowest BCUT2D eigenvalue weighted by molar-refractivity contribution is -0.143. The van der Waals surface area contributed by atoms with Gasteiger partial charge < -0.3 is 20.3 Å². The number of halogens is 7. The molecule has 39 heavy (non-hydrogen) atoms. The molecule has 2 aromatic rings. The normalized spacial score (nSPS) is 16.3. The predicted molar refractivity (Wildman–Crippen MR) is 129 cm³/mol. The number of rotatable bonds is 8. The first-order chi connectivity index (χ1) is 18.2. The summed E-state index contributed by atoms with van der Waals surface area (Å²) in [5.74, 6) is -2.15. The lowest BCUT2D eigenvalue weighted by atomic mass is 9.86. The fourth-order valence-electron chi connectivity index (χ4n) is 4.09. The highest BCUT2D eigenvalue weighted by Crippen LogP contribution is 2.38. The van der Waals surface area contributed by atoms with E-state index in [-0.39, 0.29) is 18.9 Å². The van der Waals surface area contributed by atoms with Gasteiger partial charge in [-0.15, -0.1) is 0 Å². The van der Waals surface area contributed by atoms with E-state index in [1.807, 2.05) is 4.90 Å². The summed E-state index contributed by atoms with van der Waals surface area (Å²) in [6.45, 7) is 1.52. The summed E-state index contributed by atoms with van der Waals surface area (Å²) in [4.78, 5) is 28.1. The number of likely N-dealkylation sites (tertiary alicyclic amines) is 1. The smallest absolute Gasteiger partial charge is 0.383 e. The average Bonchev–Trinajstić information content (AvgIpc) is 2.86. The molecule has 1 aliphatic rings.